The molecule has 2 aromatic rings. The van der Waals surface area contributed by atoms with Crippen molar-refractivity contribution in [3.05, 3.63) is 34.4 Å². The number of fused-ring (bicyclic) bond motifs is 1. The van der Waals surface area contributed by atoms with Crippen LogP contribution in [0.2, 0.25) is 0 Å². The van der Waals surface area contributed by atoms with Gasteiger partial charge in [0.25, 0.3) is 0 Å². The second kappa shape index (κ2) is 3.75. The molecule has 0 amide bonds. The molecule has 1 aromatic heterocycles. The predicted molar refractivity (Wildman–Crippen MR) is 63.4 cm³/mol. The Morgan fingerprint density at radius 1 is 1.36 bits per heavy atom. The molecule has 2 nitrogen and oxygen atoms in total. The molecule has 0 fully saturated rings. The molecular formula is C11H13BrN2. The maximum Gasteiger partial charge on any atom is 0.0494 e. The Balaban J connectivity index is 2.66. The fourth-order valence-electron chi connectivity index (χ4n) is 1.79. The molecule has 2 rings (SSSR count). The third-order valence-corrected chi connectivity index (χ3v) is 2.92. The molecule has 0 unspecified atom stereocenters. The molecule has 2 N–H and O–H groups in total. The van der Waals surface area contributed by atoms with Crippen LogP contribution in [-0.4, -0.2) is 11.1 Å². The molecule has 0 aliphatic rings. The largest absolute Gasteiger partial charge is 0.344 e. The van der Waals surface area contributed by atoms with Gasteiger partial charge >= 0.3 is 0 Å². The highest BCUT2D eigenvalue weighted by atomic mass is 79.9. The standard InChI is InChI=1S/C11H13BrN2/c1-8-6-9-2-3-10(12)7-11(9)14(8)5-4-13/h2-3,6-7H,4-5,13H2,1H3. The van der Waals surface area contributed by atoms with Gasteiger partial charge < -0.3 is 10.3 Å². The number of aromatic nitrogens is 1. The summed E-state index contributed by atoms with van der Waals surface area (Å²) in [6.45, 7) is 3.67. The van der Waals surface area contributed by atoms with Crippen molar-refractivity contribution in [2.75, 3.05) is 6.54 Å². The minimum atomic E-state index is 0.678. The fourth-order valence-corrected chi connectivity index (χ4v) is 2.14. The zero-order valence-corrected chi connectivity index (χ0v) is 9.71. The molecule has 0 spiro atoms. The summed E-state index contributed by atoms with van der Waals surface area (Å²) in [6.07, 6.45) is 0. The quantitative estimate of drug-likeness (QED) is 0.876. The molecule has 14 heavy (non-hydrogen) atoms. The Bertz CT molecular complexity index is 460. The van der Waals surface area contributed by atoms with E-state index in [1.54, 1.807) is 0 Å². The Hall–Kier alpha value is -0.800. The van der Waals surface area contributed by atoms with Crippen molar-refractivity contribution in [3.63, 3.8) is 0 Å². The average Bonchev–Trinajstić information content (AvgIpc) is 2.45. The number of aryl methyl sites for hydroxylation is 1. The number of benzene rings is 1. The third-order valence-electron chi connectivity index (χ3n) is 2.43. The summed E-state index contributed by atoms with van der Waals surface area (Å²) in [7, 11) is 0. The maximum atomic E-state index is 5.59. The van der Waals surface area contributed by atoms with Gasteiger partial charge in [-0.3, -0.25) is 0 Å². The average molecular weight is 253 g/mol. The fraction of sp³-hybridized carbons (Fsp3) is 0.273. The van der Waals surface area contributed by atoms with Gasteiger partial charge in [-0.05, 0) is 30.5 Å². The number of hydrogen-bond acceptors (Lipinski definition) is 1. The molecule has 0 aliphatic heterocycles. The van der Waals surface area contributed by atoms with Gasteiger partial charge in [0.15, 0.2) is 0 Å². The highest BCUT2D eigenvalue weighted by molar-refractivity contribution is 9.10. The van der Waals surface area contributed by atoms with Crippen LogP contribution < -0.4 is 5.73 Å². The predicted octanol–water partition coefficient (Wildman–Crippen LogP) is 2.67. The van der Waals surface area contributed by atoms with Gasteiger partial charge in [0.2, 0.25) is 0 Å². The monoisotopic (exact) mass is 252 g/mol. The highest BCUT2D eigenvalue weighted by Crippen LogP contribution is 2.23. The van der Waals surface area contributed by atoms with E-state index in [-0.39, 0.29) is 0 Å². The number of nitrogens with two attached hydrogens (primary N) is 1. The van der Waals surface area contributed by atoms with Crippen molar-refractivity contribution in [1.82, 2.24) is 4.57 Å². The topological polar surface area (TPSA) is 30.9 Å². The molecular weight excluding hydrogens is 240 g/mol. The van der Waals surface area contributed by atoms with E-state index in [4.69, 9.17) is 5.73 Å². The van der Waals surface area contributed by atoms with Crippen LogP contribution in [0.5, 0.6) is 0 Å². The van der Waals surface area contributed by atoms with Crippen LogP contribution in [0.4, 0.5) is 0 Å². The van der Waals surface area contributed by atoms with Crippen LogP contribution in [0.15, 0.2) is 28.7 Å². The van der Waals surface area contributed by atoms with E-state index in [1.165, 1.54) is 16.6 Å². The van der Waals surface area contributed by atoms with E-state index < -0.39 is 0 Å². The van der Waals surface area contributed by atoms with Crippen LogP contribution in [0.3, 0.4) is 0 Å². The van der Waals surface area contributed by atoms with Gasteiger partial charge in [-0.25, -0.2) is 0 Å². The Kier molecular flexibility index (Phi) is 2.61. The number of halogens is 1. The van der Waals surface area contributed by atoms with Gasteiger partial charge in [0, 0.05) is 28.8 Å². The van der Waals surface area contributed by atoms with Crippen LogP contribution in [0, 0.1) is 6.92 Å². The van der Waals surface area contributed by atoms with Crippen molar-refractivity contribution in [2.24, 2.45) is 5.73 Å². The molecule has 0 bridgehead atoms. The second-order valence-electron chi connectivity index (χ2n) is 3.43. The molecule has 1 aromatic carbocycles. The van der Waals surface area contributed by atoms with Gasteiger partial charge in [0.05, 0.1) is 0 Å². The van der Waals surface area contributed by atoms with Gasteiger partial charge in [-0.1, -0.05) is 22.0 Å². The lowest BCUT2D eigenvalue weighted by atomic mass is 10.2. The summed E-state index contributed by atoms with van der Waals surface area (Å²) in [5.74, 6) is 0. The first-order chi connectivity index (χ1) is 6.72. The van der Waals surface area contributed by atoms with Crippen LogP contribution in [0.25, 0.3) is 10.9 Å². The lowest BCUT2D eigenvalue weighted by Crippen LogP contribution is -2.10. The van der Waals surface area contributed by atoms with E-state index in [1.807, 2.05) is 0 Å². The summed E-state index contributed by atoms with van der Waals surface area (Å²) in [5.41, 5.74) is 8.10. The summed E-state index contributed by atoms with van der Waals surface area (Å²) < 4.78 is 3.36. The van der Waals surface area contributed by atoms with Crippen molar-refractivity contribution in [2.45, 2.75) is 13.5 Å². The number of nitrogens with zero attached hydrogens (tertiary/aromatic N) is 1. The molecule has 0 saturated heterocycles. The van der Waals surface area contributed by atoms with Gasteiger partial charge in [-0.15, -0.1) is 0 Å². The zero-order chi connectivity index (χ0) is 10.1. The number of hydrogen-bond donors (Lipinski definition) is 1. The molecule has 0 saturated carbocycles. The van der Waals surface area contributed by atoms with E-state index in [0.29, 0.717) is 6.54 Å². The van der Waals surface area contributed by atoms with E-state index in [0.717, 1.165) is 11.0 Å². The smallest absolute Gasteiger partial charge is 0.0494 e. The van der Waals surface area contributed by atoms with Crippen molar-refractivity contribution >= 4 is 26.8 Å². The zero-order valence-electron chi connectivity index (χ0n) is 8.13. The molecule has 74 valence electrons. The van der Waals surface area contributed by atoms with Crippen LogP contribution in [0.1, 0.15) is 5.69 Å². The molecule has 0 radical (unpaired) electrons. The molecule has 1 heterocycles. The first kappa shape index (κ1) is 9.74. The first-order valence-electron chi connectivity index (χ1n) is 4.68. The first-order valence-corrected chi connectivity index (χ1v) is 5.47. The van der Waals surface area contributed by atoms with E-state index in [2.05, 4.69) is 51.7 Å². The molecule has 0 atom stereocenters. The number of rotatable bonds is 2. The SMILES string of the molecule is Cc1cc2ccc(Br)cc2n1CCN. The van der Waals surface area contributed by atoms with Crippen molar-refractivity contribution in [1.29, 1.82) is 0 Å². The lowest BCUT2D eigenvalue weighted by Gasteiger charge is -2.05. The normalized spacial score (nSPS) is 11.1. The maximum absolute atomic E-state index is 5.59. The van der Waals surface area contributed by atoms with Crippen LogP contribution in [-0.2, 0) is 6.54 Å². The van der Waals surface area contributed by atoms with Crippen LogP contribution >= 0.6 is 15.9 Å². The Morgan fingerprint density at radius 3 is 2.86 bits per heavy atom. The van der Waals surface area contributed by atoms with Crippen molar-refractivity contribution in [3.8, 4) is 0 Å². The Morgan fingerprint density at radius 2 is 2.14 bits per heavy atom. The lowest BCUT2D eigenvalue weighted by molar-refractivity contribution is 0.715. The van der Waals surface area contributed by atoms with E-state index in [9.17, 15) is 0 Å². The minimum Gasteiger partial charge on any atom is -0.344 e. The summed E-state index contributed by atoms with van der Waals surface area (Å²) >= 11 is 3.48. The van der Waals surface area contributed by atoms with Gasteiger partial charge in [-0.2, -0.15) is 0 Å². The van der Waals surface area contributed by atoms with E-state index >= 15 is 0 Å². The highest BCUT2D eigenvalue weighted by Gasteiger charge is 2.04. The second-order valence-corrected chi connectivity index (χ2v) is 4.34. The summed E-state index contributed by atoms with van der Waals surface area (Å²) in [4.78, 5) is 0. The van der Waals surface area contributed by atoms with Gasteiger partial charge in [0.1, 0.15) is 0 Å². The summed E-state index contributed by atoms with van der Waals surface area (Å²) in [6, 6.07) is 8.52. The summed E-state index contributed by atoms with van der Waals surface area (Å²) in [5, 5.41) is 1.28. The molecule has 3 heteroatoms. The molecule has 0 aliphatic carbocycles. The Labute approximate surface area is 91.8 Å². The third kappa shape index (κ3) is 1.57. The minimum absolute atomic E-state index is 0.678. The van der Waals surface area contributed by atoms with Crippen molar-refractivity contribution < 1.29 is 0 Å².